The molecule has 0 aliphatic carbocycles. The van der Waals surface area contributed by atoms with Crippen LogP contribution in [0.15, 0.2) is 12.4 Å². The van der Waals surface area contributed by atoms with Gasteiger partial charge in [-0.3, -0.25) is 4.79 Å². The van der Waals surface area contributed by atoms with Crippen molar-refractivity contribution < 1.29 is 14.3 Å². The molecule has 1 aliphatic rings. The lowest BCUT2D eigenvalue weighted by molar-refractivity contribution is -0.136. The molecule has 1 N–H and O–H groups in total. The first-order valence-corrected chi connectivity index (χ1v) is 7.28. The van der Waals surface area contributed by atoms with Crippen LogP contribution in [0.25, 0.3) is 0 Å². The van der Waals surface area contributed by atoms with Gasteiger partial charge in [0.25, 0.3) is 0 Å². The summed E-state index contributed by atoms with van der Waals surface area (Å²) in [5.41, 5.74) is 0. The van der Waals surface area contributed by atoms with E-state index in [1.807, 2.05) is 22.7 Å². The second-order valence-electron chi connectivity index (χ2n) is 5.06. The van der Waals surface area contributed by atoms with Crippen molar-refractivity contribution in [2.45, 2.75) is 12.5 Å². The van der Waals surface area contributed by atoms with Crippen molar-refractivity contribution in [2.24, 2.45) is 7.05 Å². The predicted molar refractivity (Wildman–Crippen MR) is 77.8 cm³/mol. The maximum atomic E-state index is 12.4. The van der Waals surface area contributed by atoms with Gasteiger partial charge in [-0.2, -0.15) is 0 Å². The summed E-state index contributed by atoms with van der Waals surface area (Å²) in [4.78, 5) is 18.7. The van der Waals surface area contributed by atoms with Crippen LogP contribution in [0, 0.1) is 0 Å². The van der Waals surface area contributed by atoms with Crippen molar-refractivity contribution >= 4 is 5.91 Å². The number of nitrogens with one attached hydrogen (secondary N) is 1. The molecule has 1 fully saturated rings. The summed E-state index contributed by atoms with van der Waals surface area (Å²) in [6, 6.07) is -0.00905. The third-order valence-electron chi connectivity index (χ3n) is 3.61. The van der Waals surface area contributed by atoms with E-state index in [0.717, 1.165) is 18.9 Å². The topological polar surface area (TPSA) is 68.6 Å². The Morgan fingerprint density at radius 1 is 1.48 bits per heavy atom. The summed E-state index contributed by atoms with van der Waals surface area (Å²) in [6.07, 6.45) is 4.06. The van der Waals surface area contributed by atoms with Gasteiger partial charge in [0, 0.05) is 46.2 Å². The highest BCUT2D eigenvalue weighted by atomic mass is 16.5. The summed E-state index contributed by atoms with van der Waals surface area (Å²) in [5.74, 6) is 1.03. The van der Waals surface area contributed by atoms with Gasteiger partial charge in [0.2, 0.25) is 5.91 Å². The highest BCUT2D eigenvalue weighted by Gasteiger charge is 2.29. The van der Waals surface area contributed by atoms with Crippen LogP contribution in [-0.2, 0) is 21.3 Å². The Balaban J connectivity index is 1.89. The number of carbonyl (C=O) groups is 1. The number of carbonyl (C=O) groups excluding carboxylic acids is 1. The SMILES string of the molecule is COCCOCCC(=O)N1CCNCC1c1nccn1C. The van der Waals surface area contributed by atoms with Gasteiger partial charge in [0.1, 0.15) is 11.9 Å². The quantitative estimate of drug-likeness (QED) is 0.714. The molecule has 118 valence electrons. The first kappa shape index (κ1) is 15.9. The number of hydrogen-bond acceptors (Lipinski definition) is 5. The molecule has 1 unspecified atom stereocenters. The molecule has 2 rings (SSSR count). The maximum Gasteiger partial charge on any atom is 0.225 e. The van der Waals surface area contributed by atoms with Crippen LogP contribution in [0.4, 0.5) is 0 Å². The number of piperazine rings is 1. The standard InChI is InChI=1S/C14H24N4O3/c1-17-6-5-16-14(17)12-11-15-4-7-18(12)13(19)3-8-21-10-9-20-2/h5-6,12,15H,3-4,7-11H2,1-2H3. The molecule has 1 aliphatic heterocycles. The molecule has 0 saturated carbocycles. The van der Waals surface area contributed by atoms with E-state index in [2.05, 4.69) is 10.3 Å². The Bertz CT molecular complexity index is 449. The third-order valence-corrected chi connectivity index (χ3v) is 3.61. The minimum atomic E-state index is -0.00905. The average Bonchev–Trinajstić information content (AvgIpc) is 2.93. The van der Waals surface area contributed by atoms with E-state index in [0.29, 0.717) is 32.8 Å². The van der Waals surface area contributed by atoms with E-state index < -0.39 is 0 Å². The number of imidazole rings is 1. The van der Waals surface area contributed by atoms with Crippen LogP contribution in [0.2, 0.25) is 0 Å². The van der Waals surface area contributed by atoms with Gasteiger partial charge in [-0.05, 0) is 0 Å². The molecule has 0 aromatic carbocycles. The minimum absolute atomic E-state index is 0.00905. The number of hydrogen-bond donors (Lipinski definition) is 1. The number of ether oxygens (including phenoxy) is 2. The Morgan fingerprint density at radius 3 is 3.05 bits per heavy atom. The lowest BCUT2D eigenvalue weighted by Gasteiger charge is -2.35. The molecule has 1 aromatic rings. The normalized spacial score (nSPS) is 19.0. The van der Waals surface area contributed by atoms with E-state index in [1.54, 1.807) is 13.3 Å². The van der Waals surface area contributed by atoms with Crippen molar-refractivity contribution in [3.63, 3.8) is 0 Å². The van der Waals surface area contributed by atoms with Crippen LogP contribution in [0.1, 0.15) is 18.3 Å². The van der Waals surface area contributed by atoms with Crippen molar-refractivity contribution in [1.82, 2.24) is 19.8 Å². The van der Waals surface area contributed by atoms with Gasteiger partial charge in [-0.25, -0.2) is 4.98 Å². The molecule has 7 heteroatoms. The Kier molecular flexibility index (Phi) is 6.16. The van der Waals surface area contributed by atoms with Gasteiger partial charge < -0.3 is 24.3 Å². The molecule has 2 heterocycles. The van der Waals surface area contributed by atoms with E-state index >= 15 is 0 Å². The lowest BCUT2D eigenvalue weighted by Crippen LogP contribution is -2.49. The molecule has 7 nitrogen and oxygen atoms in total. The van der Waals surface area contributed by atoms with Crippen molar-refractivity contribution in [1.29, 1.82) is 0 Å². The van der Waals surface area contributed by atoms with E-state index in [-0.39, 0.29) is 11.9 Å². The summed E-state index contributed by atoms with van der Waals surface area (Å²) in [6.45, 7) is 3.76. The zero-order valence-electron chi connectivity index (χ0n) is 12.7. The van der Waals surface area contributed by atoms with Crippen LogP contribution in [0.5, 0.6) is 0 Å². The van der Waals surface area contributed by atoms with Crippen LogP contribution in [-0.4, -0.2) is 66.9 Å². The summed E-state index contributed by atoms with van der Waals surface area (Å²) in [5, 5.41) is 3.32. The fourth-order valence-electron chi connectivity index (χ4n) is 2.48. The van der Waals surface area contributed by atoms with E-state index in [1.165, 1.54) is 0 Å². The molecule has 0 bridgehead atoms. The number of aromatic nitrogens is 2. The molecular formula is C14H24N4O3. The highest BCUT2D eigenvalue weighted by Crippen LogP contribution is 2.21. The summed E-state index contributed by atoms with van der Waals surface area (Å²) < 4.78 is 12.2. The van der Waals surface area contributed by atoms with Crippen LogP contribution < -0.4 is 5.32 Å². The molecule has 1 amide bonds. The zero-order valence-corrected chi connectivity index (χ0v) is 12.7. The largest absolute Gasteiger partial charge is 0.382 e. The monoisotopic (exact) mass is 296 g/mol. The number of aryl methyl sites for hydroxylation is 1. The smallest absolute Gasteiger partial charge is 0.225 e. The van der Waals surface area contributed by atoms with Gasteiger partial charge >= 0.3 is 0 Å². The van der Waals surface area contributed by atoms with E-state index in [9.17, 15) is 4.79 Å². The first-order chi connectivity index (χ1) is 10.2. The van der Waals surface area contributed by atoms with E-state index in [4.69, 9.17) is 9.47 Å². The van der Waals surface area contributed by atoms with Gasteiger partial charge in [-0.15, -0.1) is 0 Å². The van der Waals surface area contributed by atoms with Crippen molar-refractivity contribution in [3.8, 4) is 0 Å². The maximum absolute atomic E-state index is 12.4. The Labute approximate surface area is 125 Å². The minimum Gasteiger partial charge on any atom is -0.382 e. The van der Waals surface area contributed by atoms with Crippen LogP contribution in [0.3, 0.4) is 0 Å². The second-order valence-corrected chi connectivity index (χ2v) is 5.06. The van der Waals surface area contributed by atoms with Crippen molar-refractivity contribution in [3.05, 3.63) is 18.2 Å². The molecule has 1 atom stereocenters. The summed E-state index contributed by atoms with van der Waals surface area (Å²) in [7, 11) is 3.58. The highest BCUT2D eigenvalue weighted by molar-refractivity contribution is 5.76. The second kappa shape index (κ2) is 8.11. The van der Waals surface area contributed by atoms with Gasteiger partial charge in [0.15, 0.2) is 0 Å². The lowest BCUT2D eigenvalue weighted by atomic mass is 10.1. The third kappa shape index (κ3) is 4.26. The fraction of sp³-hybridized carbons (Fsp3) is 0.714. The van der Waals surface area contributed by atoms with Crippen molar-refractivity contribution in [2.75, 3.05) is 46.6 Å². The molecular weight excluding hydrogens is 272 g/mol. The molecule has 21 heavy (non-hydrogen) atoms. The number of methoxy groups -OCH3 is 1. The fourth-order valence-corrected chi connectivity index (χ4v) is 2.48. The number of nitrogens with zero attached hydrogens (tertiary/aromatic N) is 3. The molecule has 1 aromatic heterocycles. The molecule has 0 spiro atoms. The molecule has 0 radical (unpaired) electrons. The zero-order chi connectivity index (χ0) is 15.1. The summed E-state index contributed by atoms with van der Waals surface area (Å²) >= 11 is 0. The Hall–Kier alpha value is -1.44. The van der Waals surface area contributed by atoms with Crippen LogP contribution >= 0.6 is 0 Å². The Morgan fingerprint density at radius 2 is 2.33 bits per heavy atom. The number of rotatable bonds is 7. The average molecular weight is 296 g/mol. The van der Waals surface area contributed by atoms with Gasteiger partial charge in [-0.1, -0.05) is 0 Å². The number of amides is 1. The first-order valence-electron chi connectivity index (χ1n) is 7.28. The molecule has 1 saturated heterocycles. The van der Waals surface area contributed by atoms with Gasteiger partial charge in [0.05, 0.1) is 26.2 Å². The predicted octanol–water partition coefficient (Wildman–Crippen LogP) is -0.0539.